The maximum atomic E-state index is 12.0. The Balaban J connectivity index is 1.98. The summed E-state index contributed by atoms with van der Waals surface area (Å²) in [5.74, 6) is 0.117. The third-order valence-electron chi connectivity index (χ3n) is 3.28. The zero-order valence-corrected chi connectivity index (χ0v) is 12.9. The maximum absolute atomic E-state index is 12.0. The Kier molecular flexibility index (Phi) is 4.77. The van der Waals surface area contributed by atoms with E-state index in [9.17, 15) is 9.59 Å². The van der Waals surface area contributed by atoms with E-state index in [1.54, 1.807) is 0 Å². The van der Waals surface area contributed by atoms with Gasteiger partial charge in [0.2, 0.25) is 0 Å². The molecule has 0 saturated carbocycles. The van der Waals surface area contributed by atoms with Crippen molar-refractivity contribution in [3.05, 3.63) is 46.0 Å². The minimum absolute atomic E-state index is 0.0381. The van der Waals surface area contributed by atoms with Gasteiger partial charge in [-0.15, -0.1) is 10.2 Å². The molecule has 0 saturated heterocycles. The first-order valence-electron chi connectivity index (χ1n) is 6.56. The summed E-state index contributed by atoms with van der Waals surface area (Å²) in [7, 11) is 1.86. The van der Waals surface area contributed by atoms with Gasteiger partial charge in [0, 0.05) is 20.0 Å². The lowest BCUT2D eigenvalue weighted by Crippen LogP contribution is -2.26. The summed E-state index contributed by atoms with van der Waals surface area (Å²) in [6.45, 7) is 2.22. The number of nitrogens with zero attached hydrogens (tertiary/aromatic N) is 3. The van der Waals surface area contributed by atoms with E-state index in [-0.39, 0.29) is 22.1 Å². The molecule has 0 aliphatic carbocycles. The molecule has 1 aromatic heterocycles. The molecule has 8 heteroatoms. The summed E-state index contributed by atoms with van der Waals surface area (Å²) >= 11 is 5.94. The Hall–Kier alpha value is -2.41. The van der Waals surface area contributed by atoms with E-state index in [2.05, 4.69) is 15.5 Å². The molecule has 0 bridgehead atoms. The highest BCUT2D eigenvalue weighted by atomic mass is 35.5. The summed E-state index contributed by atoms with van der Waals surface area (Å²) in [4.78, 5) is 22.9. The van der Waals surface area contributed by atoms with E-state index in [0.717, 1.165) is 11.6 Å². The van der Waals surface area contributed by atoms with Gasteiger partial charge >= 0.3 is 5.97 Å². The van der Waals surface area contributed by atoms with Gasteiger partial charge in [0.1, 0.15) is 11.6 Å². The number of carbonyl (C=O) groups excluding carboxylic acids is 1. The van der Waals surface area contributed by atoms with Gasteiger partial charge in [-0.25, -0.2) is 4.79 Å². The van der Waals surface area contributed by atoms with Crippen LogP contribution in [0, 0.1) is 6.92 Å². The van der Waals surface area contributed by atoms with Crippen LogP contribution < -0.4 is 5.32 Å². The average Bonchev–Trinajstić information content (AvgIpc) is 2.79. The number of carboxylic acid groups (broad SMARTS) is 1. The van der Waals surface area contributed by atoms with Crippen molar-refractivity contribution in [1.82, 2.24) is 20.1 Å². The third-order valence-corrected chi connectivity index (χ3v) is 3.59. The second-order valence-corrected chi connectivity index (χ2v) is 5.14. The first kappa shape index (κ1) is 16.0. The number of carboxylic acids is 1. The molecule has 0 radical (unpaired) electrons. The summed E-state index contributed by atoms with van der Waals surface area (Å²) < 4.78 is 1.85. The van der Waals surface area contributed by atoms with E-state index in [4.69, 9.17) is 16.7 Å². The van der Waals surface area contributed by atoms with Crippen molar-refractivity contribution in [1.29, 1.82) is 0 Å². The van der Waals surface area contributed by atoms with Crippen molar-refractivity contribution in [3.63, 3.8) is 0 Å². The first-order chi connectivity index (χ1) is 10.4. The molecule has 1 aromatic carbocycles. The number of hydrogen-bond acceptors (Lipinski definition) is 4. The zero-order valence-electron chi connectivity index (χ0n) is 12.1. The average molecular weight is 323 g/mol. The molecule has 22 heavy (non-hydrogen) atoms. The number of aromatic carboxylic acids is 1. The van der Waals surface area contributed by atoms with Crippen molar-refractivity contribution in [2.24, 2.45) is 7.05 Å². The number of amides is 1. The van der Waals surface area contributed by atoms with Gasteiger partial charge in [-0.1, -0.05) is 11.6 Å². The highest BCUT2D eigenvalue weighted by Gasteiger charge is 2.13. The molecule has 116 valence electrons. The minimum atomic E-state index is -1.09. The molecule has 1 amide bonds. The second-order valence-electron chi connectivity index (χ2n) is 4.73. The lowest BCUT2D eigenvalue weighted by Gasteiger charge is -2.07. The molecule has 2 aromatic rings. The van der Waals surface area contributed by atoms with Crippen molar-refractivity contribution in [3.8, 4) is 0 Å². The van der Waals surface area contributed by atoms with E-state index >= 15 is 0 Å². The zero-order chi connectivity index (χ0) is 16.3. The van der Waals surface area contributed by atoms with Crippen LogP contribution in [0.25, 0.3) is 0 Å². The molecule has 0 spiro atoms. The topological polar surface area (TPSA) is 97.1 Å². The maximum Gasteiger partial charge on any atom is 0.335 e. The number of aromatic nitrogens is 3. The van der Waals surface area contributed by atoms with Crippen molar-refractivity contribution < 1.29 is 14.7 Å². The number of hydrogen-bond donors (Lipinski definition) is 2. The Morgan fingerprint density at radius 1 is 1.36 bits per heavy atom. The van der Waals surface area contributed by atoms with Crippen molar-refractivity contribution >= 4 is 23.5 Å². The fraction of sp³-hybridized carbons (Fsp3) is 0.286. The molecule has 7 nitrogen and oxygen atoms in total. The molecular weight excluding hydrogens is 308 g/mol. The standard InChI is InChI=1S/C14H15ClN4O3/c1-8-17-18-12(19(8)2)5-6-16-13(20)10-4-3-9(14(21)22)7-11(10)15/h3-4,7H,5-6H2,1-2H3,(H,16,20)(H,21,22). The van der Waals surface area contributed by atoms with Crippen LogP contribution in [0.3, 0.4) is 0 Å². The number of aryl methyl sites for hydroxylation is 1. The first-order valence-corrected chi connectivity index (χ1v) is 6.94. The Bertz CT molecular complexity index is 727. The lowest BCUT2D eigenvalue weighted by molar-refractivity contribution is 0.0696. The Morgan fingerprint density at radius 3 is 2.64 bits per heavy atom. The number of nitrogens with one attached hydrogen (secondary N) is 1. The SMILES string of the molecule is Cc1nnc(CCNC(=O)c2ccc(C(=O)O)cc2Cl)n1C. The highest BCUT2D eigenvalue weighted by Crippen LogP contribution is 2.18. The smallest absolute Gasteiger partial charge is 0.335 e. The number of benzene rings is 1. The summed E-state index contributed by atoms with van der Waals surface area (Å²) in [5.41, 5.74) is 0.275. The molecule has 0 fully saturated rings. The summed E-state index contributed by atoms with van der Waals surface area (Å²) in [6.07, 6.45) is 0.536. The highest BCUT2D eigenvalue weighted by molar-refractivity contribution is 6.34. The molecule has 2 rings (SSSR count). The fourth-order valence-corrected chi connectivity index (χ4v) is 2.15. The molecule has 0 atom stereocenters. The predicted molar refractivity (Wildman–Crippen MR) is 80.2 cm³/mol. The Morgan fingerprint density at radius 2 is 2.09 bits per heavy atom. The molecule has 0 aliphatic heterocycles. The largest absolute Gasteiger partial charge is 0.478 e. The number of carbonyl (C=O) groups is 2. The van der Waals surface area contributed by atoms with E-state index in [1.807, 2.05) is 18.5 Å². The second kappa shape index (κ2) is 6.57. The van der Waals surface area contributed by atoms with Crippen LogP contribution in [-0.2, 0) is 13.5 Å². The van der Waals surface area contributed by atoms with E-state index in [0.29, 0.717) is 13.0 Å². The van der Waals surface area contributed by atoms with Crippen molar-refractivity contribution in [2.45, 2.75) is 13.3 Å². The van der Waals surface area contributed by atoms with Crippen LogP contribution in [0.5, 0.6) is 0 Å². The van der Waals surface area contributed by atoms with Crippen LogP contribution in [0.4, 0.5) is 0 Å². The van der Waals surface area contributed by atoms with Gasteiger partial charge in [-0.3, -0.25) is 4.79 Å². The van der Waals surface area contributed by atoms with Gasteiger partial charge in [0.15, 0.2) is 0 Å². The molecule has 2 N–H and O–H groups in total. The van der Waals surface area contributed by atoms with Crippen LogP contribution in [-0.4, -0.2) is 38.3 Å². The molecule has 1 heterocycles. The van der Waals surface area contributed by atoms with E-state index in [1.165, 1.54) is 18.2 Å². The van der Waals surface area contributed by atoms with Crippen LogP contribution in [0.2, 0.25) is 5.02 Å². The van der Waals surface area contributed by atoms with Crippen LogP contribution in [0.15, 0.2) is 18.2 Å². The third kappa shape index (κ3) is 3.43. The molecule has 0 unspecified atom stereocenters. The van der Waals surface area contributed by atoms with Gasteiger partial charge in [0.05, 0.1) is 16.1 Å². The Labute approximate surface area is 131 Å². The van der Waals surface area contributed by atoms with Gasteiger partial charge in [0.25, 0.3) is 5.91 Å². The van der Waals surface area contributed by atoms with Gasteiger partial charge in [-0.2, -0.15) is 0 Å². The van der Waals surface area contributed by atoms with Gasteiger partial charge < -0.3 is 15.0 Å². The van der Waals surface area contributed by atoms with Gasteiger partial charge in [-0.05, 0) is 25.1 Å². The lowest BCUT2D eigenvalue weighted by atomic mass is 10.1. The van der Waals surface area contributed by atoms with E-state index < -0.39 is 5.97 Å². The predicted octanol–water partition coefficient (Wildman–Crippen LogP) is 1.45. The summed E-state index contributed by atoms with van der Waals surface area (Å²) in [5, 5.41) is 19.6. The number of rotatable bonds is 5. The molecular formula is C14H15ClN4O3. The number of halogens is 1. The quantitative estimate of drug-likeness (QED) is 0.868. The van der Waals surface area contributed by atoms with Crippen LogP contribution in [0.1, 0.15) is 32.4 Å². The van der Waals surface area contributed by atoms with Crippen molar-refractivity contribution in [2.75, 3.05) is 6.54 Å². The molecule has 0 aliphatic rings. The monoisotopic (exact) mass is 322 g/mol. The summed E-state index contributed by atoms with van der Waals surface area (Å²) in [6, 6.07) is 3.99. The minimum Gasteiger partial charge on any atom is -0.478 e. The fourth-order valence-electron chi connectivity index (χ4n) is 1.88. The normalized spacial score (nSPS) is 10.5. The van der Waals surface area contributed by atoms with Crippen LogP contribution >= 0.6 is 11.6 Å².